The minimum Gasteiger partial charge on any atom is -0.475 e. The largest absolute Gasteiger partial charge is 0.475 e. The van der Waals surface area contributed by atoms with Gasteiger partial charge >= 0.3 is 5.97 Å². The third-order valence-corrected chi connectivity index (χ3v) is 7.85. The minimum atomic E-state index is -1.20. The number of hydrogen-bond donors (Lipinski definition) is 3. The summed E-state index contributed by atoms with van der Waals surface area (Å²) in [5.41, 5.74) is 2.79. The lowest BCUT2D eigenvalue weighted by atomic mass is 9.96. The van der Waals surface area contributed by atoms with E-state index in [0.29, 0.717) is 10.2 Å². The van der Waals surface area contributed by atoms with Crippen molar-refractivity contribution in [1.29, 1.82) is 0 Å². The van der Waals surface area contributed by atoms with Gasteiger partial charge in [0.1, 0.15) is 16.5 Å². The smallest absolute Gasteiger partial charge is 0.372 e. The topological polar surface area (TPSA) is 98.3 Å². The molecule has 3 N–H and O–H groups in total. The third kappa shape index (κ3) is 5.46. The maximum atomic E-state index is 13.2. The van der Waals surface area contributed by atoms with Gasteiger partial charge in [0.2, 0.25) is 5.82 Å². The summed E-state index contributed by atoms with van der Waals surface area (Å²) < 4.78 is 26.3. The molecule has 0 spiro atoms. The highest BCUT2D eigenvalue weighted by molar-refractivity contribution is 7.18. The van der Waals surface area contributed by atoms with Gasteiger partial charge in [-0.25, -0.2) is 18.6 Å². The highest BCUT2D eigenvalue weighted by atomic mass is 32.1. The normalized spacial score (nSPS) is 15.4. The van der Waals surface area contributed by atoms with Crippen molar-refractivity contribution in [2.24, 2.45) is 0 Å². The molecule has 1 aliphatic carbocycles. The van der Waals surface area contributed by atoms with Crippen molar-refractivity contribution in [3.63, 3.8) is 0 Å². The van der Waals surface area contributed by atoms with Crippen LogP contribution in [-0.2, 0) is 12.8 Å². The number of aromatic carboxylic acids is 1. The van der Waals surface area contributed by atoms with Gasteiger partial charge in [0.15, 0.2) is 0 Å². The molecule has 6 rings (SSSR count). The Morgan fingerprint density at radius 1 is 0.973 bits per heavy atom. The Morgan fingerprint density at radius 2 is 1.57 bits per heavy atom. The number of thiophene rings is 1. The van der Waals surface area contributed by atoms with E-state index in [1.807, 2.05) is 24.3 Å². The maximum absolute atomic E-state index is 13.2. The molecule has 7 nitrogen and oxygen atoms in total. The van der Waals surface area contributed by atoms with Crippen LogP contribution in [0.1, 0.15) is 44.6 Å². The van der Waals surface area contributed by atoms with Crippen molar-refractivity contribution < 1.29 is 18.7 Å². The Balaban J connectivity index is 0.000000157. The molecule has 0 radical (unpaired) electrons. The molecule has 192 valence electrons. The lowest BCUT2D eigenvalue weighted by molar-refractivity contribution is 0.0683. The van der Waals surface area contributed by atoms with Gasteiger partial charge in [0, 0.05) is 31.1 Å². The number of hydrogen-bond acceptors (Lipinski definition) is 6. The van der Waals surface area contributed by atoms with Crippen molar-refractivity contribution >= 4 is 27.5 Å². The molecule has 0 unspecified atom stereocenters. The molecule has 37 heavy (non-hydrogen) atoms. The van der Waals surface area contributed by atoms with Crippen LogP contribution in [0.5, 0.6) is 0 Å². The molecule has 1 aliphatic heterocycles. The second-order valence-electron chi connectivity index (χ2n) is 9.05. The predicted molar refractivity (Wildman–Crippen MR) is 138 cm³/mol. The molecule has 0 saturated carbocycles. The number of nitrogens with one attached hydrogen (secondary N) is 2. The van der Waals surface area contributed by atoms with Crippen LogP contribution in [0.4, 0.5) is 8.78 Å². The van der Waals surface area contributed by atoms with Crippen LogP contribution in [0.25, 0.3) is 10.2 Å². The maximum Gasteiger partial charge on any atom is 0.372 e. The first kappa shape index (κ1) is 25.2. The van der Waals surface area contributed by atoms with Crippen LogP contribution in [0, 0.1) is 11.6 Å². The van der Waals surface area contributed by atoms with Gasteiger partial charge in [0.25, 0.3) is 5.56 Å². The van der Waals surface area contributed by atoms with Crippen LogP contribution in [0.2, 0.25) is 0 Å². The number of rotatable bonds is 4. The van der Waals surface area contributed by atoms with Crippen molar-refractivity contribution in [2.75, 3.05) is 26.2 Å². The number of H-pyrrole nitrogens is 1. The first-order valence-corrected chi connectivity index (χ1v) is 13.0. The minimum absolute atomic E-state index is 0.0355. The lowest BCUT2D eigenvalue weighted by Gasteiger charge is -2.35. The van der Waals surface area contributed by atoms with E-state index in [9.17, 15) is 18.4 Å². The summed E-state index contributed by atoms with van der Waals surface area (Å²) in [6, 6.07) is 13.2. The zero-order valence-electron chi connectivity index (χ0n) is 20.0. The molecular formula is C27H26F2N4O3S. The molecule has 1 fully saturated rings. The summed E-state index contributed by atoms with van der Waals surface area (Å²) in [5, 5.41) is 12.7. The Hall–Kier alpha value is -3.47. The fraction of sp³-hybridized carbons (Fsp3) is 0.296. The van der Waals surface area contributed by atoms with Crippen LogP contribution in [0.3, 0.4) is 0 Å². The second kappa shape index (κ2) is 10.9. The number of carboxylic acids is 1. The van der Waals surface area contributed by atoms with Crippen molar-refractivity contribution in [1.82, 2.24) is 20.2 Å². The van der Waals surface area contributed by atoms with Gasteiger partial charge in [-0.2, -0.15) is 0 Å². The van der Waals surface area contributed by atoms with E-state index in [1.165, 1.54) is 40.5 Å². The molecule has 2 aliphatic rings. The number of carboxylic acid groups (broad SMARTS) is 1. The summed E-state index contributed by atoms with van der Waals surface area (Å²) in [4.78, 5) is 32.9. The van der Waals surface area contributed by atoms with E-state index >= 15 is 0 Å². The molecular weight excluding hydrogens is 498 g/mol. The number of fused-ring (bicyclic) bond motifs is 3. The van der Waals surface area contributed by atoms with Crippen LogP contribution >= 0.6 is 11.3 Å². The highest BCUT2D eigenvalue weighted by Crippen LogP contribution is 2.34. The first-order valence-electron chi connectivity index (χ1n) is 12.1. The van der Waals surface area contributed by atoms with Crippen LogP contribution in [-0.4, -0.2) is 52.1 Å². The Kier molecular flexibility index (Phi) is 7.40. The quantitative estimate of drug-likeness (QED) is 0.371. The Morgan fingerprint density at radius 3 is 2.14 bits per heavy atom. The third-order valence-electron chi connectivity index (χ3n) is 6.67. The number of benzene rings is 2. The van der Waals surface area contributed by atoms with E-state index in [-0.39, 0.29) is 29.1 Å². The van der Waals surface area contributed by atoms with Gasteiger partial charge in [0.05, 0.1) is 11.4 Å². The number of halogens is 2. The Bertz CT molecular complexity index is 1420. The average molecular weight is 525 g/mol. The van der Waals surface area contributed by atoms with Gasteiger partial charge < -0.3 is 15.4 Å². The summed E-state index contributed by atoms with van der Waals surface area (Å²) >= 11 is 1.44. The summed E-state index contributed by atoms with van der Waals surface area (Å²) in [6.45, 7) is 3.69. The van der Waals surface area contributed by atoms with E-state index in [1.54, 1.807) is 0 Å². The number of carbonyl (C=O) groups is 1. The SMILES string of the molecule is Fc1ccc(C(c2ccc(F)cc2)N2CCNCC2)cc1.O=C(O)c1nc2sc3c(c2c(=O)[nH]1)CCC3. The Labute approximate surface area is 215 Å². The summed E-state index contributed by atoms with van der Waals surface area (Å²) in [6.07, 6.45) is 2.93. The number of aromatic nitrogens is 2. The molecule has 0 amide bonds. The van der Waals surface area contributed by atoms with Gasteiger partial charge in [-0.05, 0) is 60.2 Å². The summed E-state index contributed by atoms with van der Waals surface area (Å²) in [5.74, 6) is -1.96. The molecule has 2 aromatic heterocycles. The number of aromatic amines is 1. The zero-order valence-corrected chi connectivity index (χ0v) is 20.8. The molecule has 0 bridgehead atoms. The van der Waals surface area contributed by atoms with Crippen molar-refractivity contribution in [2.45, 2.75) is 25.3 Å². The van der Waals surface area contributed by atoms with Gasteiger partial charge in [-0.3, -0.25) is 9.69 Å². The predicted octanol–water partition coefficient (Wildman–Crippen LogP) is 4.13. The fourth-order valence-electron chi connectivity index (χ4n) is 4.95. The molecule has 10 heteroatoms. The molecule has 1 saturated heterocycles. The number of aryl methyl sites for hydroxylation is 2. The van der Waals surface area contributed by atoms with E-state index < -0.39 is 5.97 Å². The van der Waals surface area contributed by atoms with Crippen molar-refractivity contribution in [3.05, 3.63) is 97.9 Å². The van der Waals surface area contributed by atoms with E-state index in [0.717, 1.165) is 62.1 Å². The fourth-order valence-corrected chi connectivity index (χ4v) is 6.21. The van der Waals surface area contributed by atoms with Gasteiger partial charge in [-0.15, -0.1) is 11.3 Å². The van der Waals surface area contributed by atoms with E-state index in [2.05, 4.69) is 20.2 Å². The first-order chi connectivity index (χ1) is 17.9. The molecule has 2 aromatic carbocycles. The molecule has 3 heterocycles. The van der Waals surface area contributed by atoms with Gasteiger partial charge in [-0.1, -0.05) is 24.3 Å². The number of nitrogens with zero attached hydrogens (tertiary/aromatic N) is 2. The second-order valence-corrected chi connectivity index (χ2v) is 10.1. The van der Waals surface area contributed by atoms with Crippen LogP contribution < -0.4 is 10.9 Å². The average Bonchev–Trinajstić information content (AvgIpc) is 3.49. The summed E-state index contributed by atoms with van der Waals surface area (Å²) in [7, 11) is 0. The monoisotopic (exact) mass is 524 g/mol. The van der Waals surface area contributed by atoms with Crippen molar-refractivity contribution in [3.8, 4) is 0 Å². The molecule has 0 atom stereocenters. The lowest BCUT2D eigenvalue weighted by Crippen LogP contribution is -2.45. The van der Waals surface area contributed by atoms with E-state index in [4.69, 9.17) is 5.11 Å². The highest BCUT2D eigenvalue weighted by Gasteiger charge is 2.24. The molecule has 4 aromatic rings. The zero-order chi connectivity index (χ0) is 25.9. The number of piperazine rings is 1. The standard InChI is InChI=1S/C17H18F2N2.C10H8N2O3S/c18-15-5-1-13(2-6-15)17(21-11-9-20-10-12-21)14-3-7-16(19)8-4-14;13-8-6-4-2-1-3-5(4)16-9(6)12-7(11-8)10(14)15/h1-8,17,20H,9-12H2;1-3H2,(H,14,15)(H,11,12,13). The van der Waals surface area contributed by atoms with Crippen LogP contribution in [0.15, 0.2) is 53.3 Å².